The van der Waals surface area contributed by atoms with E-state index in [0.29, 0.717) is 6.04 Å². The van der Waals surface area contributed by atoms with Gasteiger partial charge < -0.3 is 4.42 Å². The van der Waals surface area contributed by atoms with Gasteiger partial charge in [-0.1, -0.05) is 0 Å². The fraction of sp³-hybridized carbons (Fsp3) is 0.692. The molecule has 16 heavy (non-hydrogen) atoms. The highest BCUT2D eigenvalue weighted by Gasteiger charge is 2.34. The van der Waals surface area contributed by atoms with Crippen molar-refractivity contribution in [3.05, 3.63) is 24.2 Å². The van der Waals surface area contributed by atoms with Crippen LogP contribution in [0.1, 0.15) is 25.3 Å². The van der Waals surface area contributed by atoms with E-state index in [1.807, 2.05) is 6.26 Å². The van der Waals surface area contributed by atoms with Crippen molar-refractivity contribution >= 4 is 0 Å². The van der Waals surface area contributed by atoms with E-state index in [4.69, 9.17) is 4.42 Å². The second-order valence-corrected chi connectivity index (χ2v) is 5.20. The van der Waals surface area contributed by atoms with E-state index in [9.17, 15) is 0 Å². The minimum atomic E-state index is 0.671. The standard InChI is InChI=1S/C13H20N2O/c1-11-7-14-5-2-3-13(14)9-15(11)8-12-4-6-16-10-12/h4,6,10-11,13H,2-3,5,7-9H2,1H3/t11-,13+/m1/s1. The number of piperazine rings is 1. The summed E-state index contributed by atoms with van der Waals surface area (Å²) in [6.45, 7) is 7.17. The quantitative estimate of drug-likeness (QED) is 0.759. The molecule has 88 valence electrons. The van der Waals surface area contributed by atoms with Crippen molar-refractivity contribution in [2.45, 2.75) is 38.4 Å². The SMILES string of the molecule is C[C@@H]1CN2CCC[C@H]2CN1Cc1ccoc1. The predicted molar refractivity (Wildman–Crippen MR) is 63.2 cm³/mol. The summed E-state index contributed by atoms with van der Waals surface area (Å²) in [5, 5.41) is 0. The minimum absolute atomic E-state index is 0.671. The molecule has 2 aliphatic heterocycles. The van der Waals surface area contributed by atoms with E-state index in [1.165, 1.54) is 38.0 Å². The Balaban J connectivity index is 1.66. The van der Waals surface area contributed by atoms with Gasteiger partial charge in [0.25, 0.3) is 0 Å². The van der Waals surface area contributed by atoms with Gasteiger partial charge in [0.15, 0.2) is 0 Å². The van der Waals surface area contributed by atoms with E-state index in [0.717, 1.165) is 12.6 Å². The van der Waals surface area contributed by atoms with Crippen molar-refractivity contribution in [3.8, 4) is 0 Å². The van der Waals surface area contributed by atoms with Crippen LogP contribution in [0.25, 0.3) is 0 Å². The van der Waals surface area contributed by atoms with Crippen molar-refractivity contribution < 1.29 is 4.42 Å². The fourth-order valence-electron chi connectivity index (χ4n) is 3.09. The molecule has 2 saturated heterocycles. The van der Waals surface area contributed by atoms with Crippen LogP contribution in [0.15, 0.2) is 23.0 Å². The lowest BCUT2D eigenvalue weighted by Crippen LogP contribution is -2.54. The summed E-state index contributed by atoms with van der Waals surface area (Å²) in [5.74, 6) is 0. The van der Waals surface area contributed by atoms with Crippen molar-refractivity contribution in [2.24, 2.45) is 0 Å². The molecule has 0 radical (unpaired) electrons. The molecular weight excluding hydrogens is 200 g/mol. The van der Waals surface area contributed by atoms with Gasteiger partial charge in [-0.15, -0.1) is 0 Å². The van der Waals surface area contributed by atoms with Gasteiger partial charge in [-0.05, 0) is 32.4 Å². The second-order valence-electron chi connectivity index (χ2n) is 5.20. The number of furan rings is 1. The Labute approximate surface area is 97.0 Å². The smallest absolute Gasteiger partial charge is 0.0947 e. The molecule has 0 saturated carbocycles. The van der Waals surface area contributed by atoms with Gasteiger partial charge in [-0.25, -0.2) is 0 Å². The van der Waals surface area contributed by atoms with Crippen LogP contribution >= 0.6 is 0 Å². The van der Waals surface area contributed by atoms with Gasteiger partial charge in [0.2, 0.25) is 0 Å². The second kappa shape index (κ2) is 4.22. The van der Waals surface area contributed by atoms with Gasteiger partial charge in [0, 0.05) is 37.3 Å². The molecule has 0 spiro atoms. The van der Waals surface area contributed by atoms with Crippen LogP contribution in [0.4, 0.5) is 0 Å². The highest BCUT2D eigenvalue weighted by molar-refractivity contribution is 5.06. The molecule has 0 bridgehead atoms. The summed E-state index contributed by atoms with van der Waals surface area (Å²) in [6, 6.07) is 3.56. The third-order valence-corrected chi connectivity index (χ3v) is 4.03. The average molecular weight is 220 g/mol. The van der Waals surface area contributed by atoms with E-state index in [1.54, 1.807) is 6.26 Å². The molecule has 0 N–H and O–H groups in total. The zero-order chi connectivity index (χ0) is 11.0. The van der Waals surface area contributed by atoms with Crippen molar-refractivity contribution in [2.75, 3.05) is 19.6 Å². The zero-order valence-corrected chi connectivity index (χ0v) is 9.93. The lowest BCUT2D eigenvalue weighted by atomic mass is 10.1. The van der Waals surface area contributed by atoms with Crippen molar-refractivity contribution in [1.29, 1.82) is 0 Å². The van der Waals surface area contributed by atoms with Crippen LogP contribution in [-0.2, 0) is 6.54 Å². The normalized spacial score (nSPS) is 31.8. The Hall–Kier alpha value is -0.800. The summed E-state index contributed by atoms with van der Waals surface area (Å²) in [5.41, 5.74) is 1.30. The van der Waals surface area contributed by atoms with E-state index < -0.39 is 0 Å². The number of hydrogen-bond acceptors (Lipinski definition) is 3. The topological polar surface area (TPSA) is 19.6 Å². The van der Waals surface area contributed by atoms with Crippen molar-refractivity contribution in [1.82, 2.24) is 9.80 Å². The van der Waals surface area contributed by atoms with Crippen LogP contribution in [0, 0.1) is 0 Å². The molecule has 0 aromatic carbocycles. The molecule has 3 heteroatoms. The average Bonchev–Trinajstić information content (AvgIpc) is 2.89. The molecule has 2 fully saturated rings. The molecule has 1 aromatic rings. The first-order valence-electron chi connectivity index (χ1n) is 6.32. The molecular formula is C13H20N2O. The monoisotopic (exact) mass is 220 g/mol. The molecule has 0 unspecified atom stereocenters. The summed E-state index contributed by atoms with van der Waals surface area (Å²) in [6.07, 6.45) is 6.41. The highest BCUT2D eigenvalue weighted by Crippen LogP contribution is 2.25. The third kappa shape index (κ3) is 1.89. The highest BCUT2D eigenvalue weighted by atomic mass is 16.3. The first kappa shape index (κ1) is 10.4. The Kier molecular flexibility index (Phi) is 2.74. The van der Waals surface area contributed by atoms with Crippen LogP contribution < -0.4 is 0 Å². The van der Waals surface area contributed by atoms with Gasteiger partial charge in [-0.3, -0.25) is 9.80 Å². The maximum absolute atomic E-state index is 5.14. The fourth-order valence-corrected chi connectivity index (χ4v) is 3.09. The van der Waals surface area contributed by atoms with Gasteiger partial charge in [-0.2, -0.15) is 0 Å². The van der Waals surface area contributed by atoms with Crippen molar-refractivity contribution in [3.63, 3.8) is 0 Å². The van der Waals surface area contributed by atoms with Gasteiger partial charge >= 0.3 is 0 Å². The maximum atomic E-state index is 5.14. The summed E-state index contributed by atoms with van der Waals surface area (Å²) in [4.78, 5) is 5.26. The predicted octanol–water partition coefficient (Wildman–Crippen LogP) is 1.95. The first-order valence-corrected chi connectivity index (χ1v) is 6.32. The van der Waals surface area contributed by atoms with Gasteiger partial charge in [0.05, 0.1) is 12.5 Å². The molecule has 3 heterocycles. The van der Waals surface area contributed by atoms with Crippen LogP contribution in [0.5, 0.6) is 0 Å². The Morgan fingerprint density at radius 2 is 2.38 bits per heavy atom. The maximum Gasteiger partial charge on any atom is 0.0947 e. The molecule has 3 nitrogen and oxygen atoms in total. The zero-order valence-electron chi connectivity index (χ0n) is 9.93. The van der Waals surface area contributed by atoms with E-state index in [-0.39, 0.29) is 0 Å². The molecule has 2 atom stereocenters. The molecule has 3 rings (SSSR count). The molecule has 1 aromatic heterocycles. The Morgan fingerprint density at radius 1 is 1.44 bits per heavy atom. The lowest BCUT2D eigenvalue weighted by molar-refractivity contribution is 0.0539. The largest absolute Gasteiger partial charge is 0.472 e. The first-order chi connectivity index (χ1) is 7.83. The summed E-state index contributed by atoms with van der Waals surface area (Å²) in [7, 11) is 0. The minimum Gasteiger partial charge on any atom is -0.472 e. The lowest BCUT2D eigenvalue weighted by Gasteiger charge is -2.42. The number of hydrogen-bond donors (Lipinski definition) is 0. The van der Waals surface area contributed by atoms with Gasteiger partial charge in [0.1, 0.15) is 0 Å². The Bertz CT molecular complexity index is 336. The summed E-state index contributed by atoms with van der Waals surface area (Å²) < 4.78 is 5.14. The number of nitrogens with zero attached hydrogens (tertiary/aromatic N) is 2. The van der Waals surface area contributed by atoms with Crippen LogP contribution in [0.2, 0.25) is 0 Å². The molecule has 0 amide bonds. The Morgan fingerprint density at radius 3 is 3.19 bits per heavy atom. The van der Waals surface area contributed by atoms with Crippen LogP contribution in [-0.4, -0.2) is 41.5 Å². The molecule has 0 aliphatic carbocycles. The third-order valence-electron chi connectivity index (χ3n) is 4.03. The van der Waals surface area contributed by atoms with E-state index in [2.05, 4.69) is 22.8 Å². The number of fused-ring (bicyclic) bond motifs is 1. The number of rotatable bonds is 2. The van der Waals surface area contributed by atoms with E-state index >= 15 is 0 Å². The molecule has 2 aliphatic rings. The van der Waals surface area contributed by atoms with Crippen LogP contribution in [0.3, 0.4) is 0 Å². The summed E-state index contributed by atoms with van der Waals surface area (Å²) >= 11 is 0.